The van der Waals surface area contributed by atoms with E-state index in [2.05, 4.69) is 0 Å². The lowest BCUT2D eigenvalue weighted by Crippen LogP contribution is -2.31. The Hall–Kier alpha value is -1.14. The Labute approximate surface area is 116 Å². The van der Waals surface area contributed by atoms with E-state index in [1.54, 1.807) is 0 Å². The summed E-state index contributed by atoms with van der Waals surface area (Å²) in [5.41, 5.74) is -0.301. The summed E-state index contributed by atoms with van der Waals surface area (Å²) in [6, 6.07) is 2.90. The van der Waals surface area contributed by atoms with Crippen molar-refractivity contribution in [3.05, 3.63) is 29.6 Å². The molecule has 0 bridgehead atoms. The standard InChI is InChI=1S/C12H15ClFNO3S/c1-8(2)7-15(3)12(16)10-6-9(19(13,17)18)4-5-11(10)14/h4-6,8H,7H2,1-3H3. The van der Waals surface area contributed by atoms with Crippen LogP contribution < -0.4 is 0 Å². The first-order valence-electron chi connectivity index (χ1n) is 5.62. The van der Waals surface area contributed by atoms with Gasteiger partial charge >= 0.3 is 0 Å². The van der Waals surface area contributed by atoms with E-state index < -0.39 is 20.8 Å². The topological polar surface area (TPSA) is 54.5 Å². The first-order chi connectivity index (χ1) is 8.62. The third kappa shape index (κ3) is 4.18. The van der Waals surface area contributed by atoms with Crippen LogP contribution in [0.25, 0.3) is 0 Å². The Morgan fingerprint density at radius 3 is 2.47 bits per heavy atom. The first kappa shape index (κ1) is 15.9. The van der Waals surface area contributed by atoms with Gasteiger partial charge in [-0.15, -0.1) is 0 Å². The molecule has 0 atom stereocenters. The molecule has 0 spiro atoms. The van der Waals surface area contributed by atoms with Gasteiger partial charge in [0.15, 0.2) is 0 Å². The van der Waals surface area contributed by atoms with Gasteiger partial charge < -0.3 is 4.90 Å². The second-order valence-electron chi connectivity index (χ2n) is 4.66. The van der Waals surface area contributed by atoms with Crippen molar-refractivity contribution in [3.8, 4) is 0 Å². The van der Waals surface area contributed by atoms with Gasteiger partial charge in [0.2, 0.25) is 0 Å². The number of hydrogen-bond donors (Lipinski definition) is 0. The summed E-state index contributed by atoms with van der Waals surface area (Å²) in [6.45, 7) is 4.27. The fourth-order valence-corrected chi connectivity index (χ4v) is 2.43. The monoisotopic (exact) mass is 307 g/mol. The SMILES string of the molecule is CC(C)CN(C)C(=O)c1cc(S(=O)(=O)Cl)ccc1F. The minimum absolute atomic E-state index is 0.219. The molecule has 1 rings (SSSR count). The molecular weight excluding hydrogens is 293 g/mol. The number of carbonyl (C=O) groups excluding carboxylic acids is 1. The zero-order valence-corrected chi connectivity index (χ0v) is 12.4. The van der Waals surface area contributed by atoms with E-state index in [4.69, 9.17) is 10.7 Å². The van der Waals surface area contributed by atoms with Crippen molar-refractivity contribution in [1.82, 2.24) is 4.90 Å². The van der Waals surface area contributed by atoms with Crippen LogP contribution in [0.5, 0.6) is 0 Å². The molecule has 19 heavy (non-hydrogen) atoms. The summed E-state index contributed by atoms with van der Waals surface area (Å²) in [6.07, 6.45) is 0. The van der Waals surface area contributed by atoms with Crippen LogP contribution in [0.4, 0.5) is 4.39 Å². The smallest absolute Gasteiger partial charge is 0.261 e. The van der Waals surface area contributed by atoms with E-state index >= 15 is 0 Å². The van der Waals surface area contributed by atoms with Gasteiger partial charge in [-0.3, -0.25) is 4.79 Å². The van der Waals surface area contributed by atoms with Crippen molar-refractivity contribution in [2.24, 2.45) is 5.92 Å². The molecular formula is C12H15ClFNO3S. The fourth-order valence-electron chi connectivity index (χ4n) is 1.66. The zero-order valence-electron chi connectivity index (χ0n) is 10.9. The number of hydrogen-bond acceptors (Lipinski definition) is 3. The normalized spacial score (nSPS) is 11.7. The minimum atomic E-state index is -3.99. The third-order valence-corrected chi connectivity index (χ3v) is 3.79. The Morgan fingerprint density at radius 1 is 1.42 bits per heavy atom. The van der Waals surface area contributed by atoms with Crippen molar-refractivity contribution in [3.63, 3.8) is 0 Å². The Balaban J connectivity index is 3.16. The van der Waals surface area contributed by atoms with Crippen molar-refractivity contribution >= 4 is 25.6 Å². The molecule has 0 aromatic heterocycles. The van der Waals surface area contributed by atoms with Crippen LogP contribution in [0.3, 0.4) is 0 Å². The maximum Gasteiger partial charge on any atom is 0.261 e. The molecule has 1 amide bonds. The Kier molecular flexibility index (Phi) is 4.92. The van der Waals surface area contributed by atoms with Gasteiger partial charge in [-0.1, -0.05) is 13.8 Å². The minimum Gasteiger partial charge on any atom is -0.341 e. The van der Waals surface area contributed by atoms with Crippen LogP contribution >= 0.6 is 10.7 Å². The van der Waals surface area contributed by atoms with Crippen LogP contribution in [0.15, 0.2) is 23.1 Å². The van der Waals surface area contributed by atoms with E-state index in [1.807, 2.05) is 13.8 Å². The number of halogens is 2. The molecule has 0 aliphatic heterocycles. The van der Waals surface area contributed by atoms with E-state index in [1.165, 1.54) is 11.9 Å². The first-order valence-corrected chi connectivity index (χ1v) is 7.93. The fraction of sp³-hybridized carbons (Fsp3) is 0.417. The van der Waals surface area contributed by atoms with Crippen molar-refractivity contribution in [1.29, 1.82) is 0 Å². The summed E-state index contributed by atoms with van der Waals surface area (Å²) in [4.78, 5) is 13.1. The molecule has 0 aliphatic rings. The predicted molar refractivity (Wildman–Crippen MR) is 71.2 cm³/mol. The summed E-state index contributed by atoms with van der Waals surface area (Å²) in [7, 11) is 2.72. The van der Waals surface area contributed by atoms with Crippen LogP contribution in [0.2, 0.25) is 0 Å². The van der Waals surface area contributed by atoms with Crippen LogP contribution in [-0.4, -0.2) is 32.8 Å². The molecule has 0 N–H and O–H groups in total. The van der Waals surface area contributed by atoms with Gasteiger partial charge in [0.1, 0.15) is 5.82 Å². The molecule has 0 heterocycles. The number of amides is 1. The number of nitrogens with zero attached hydrogens (tertiary/aromatic N) is 1. The second kappa shape index (κ2) is 5.88. The molecule has 0 unspecified atom stereocenters. The van der Waals surface area contributed by atoms with Gasteiger partial charge in [-0.2, -0.15) is 0 Å². The third-order valence-electron chi connectivity index (χ3n) is 2.44. The molecule has 4 nitrogen and oxygen atoms in total. The van der Waals surface area contributed by atoms with E-state index in [0.29, 0.717) is 6.54 Å². The Bertz CT molecular complexity index is 587. The van der Waals surface area contributed by atoms with Gasteiger partial charge in [-0.05, 0) is 24.1 Å². The van der Waals surface area contributed by atoms with Gasteiger partial charge in [0.25, 0.3) is 15.0 Å². The molecule has 0 aliphatic carbocycles. The molecule has 0 saturated heterocycles. The molecule has 1 aromatic rings. The highest BCUT2D eigenvalue weighted by Gasteiger charge is 2.20. The largest absolute Gasteiger partial charge is 0.341 e. The van der Waals surface area contributed by atoms with Crippen molar-refractivity contribution in [2.75, 3.05) is 13.6 Å². The number of carbonyl (C=O) groups is 1. The van der Waals surface area contributed by atoms with Crippen LogP contribution in [0, 0.1) is 11.7 Å². The average Bonchev–Trinajstić information content (AvgIpc) is 2.26. The Morgan fingerprint density at radius 2 is 2.00 bits per heavy atom. The van der Waals surface area contributed by atoms with Gasteiger partial charge in [-0.25, -0.2) is 12.8 Å². The van der Waals surface area contributed by atoms with E-state index in [-0.39, 0.29) is 16.4 Å². The highest BCUT2D eigenvalue weighted by atomic mass is 35.7. The predicted octanol–water partition coefficient (Wildman–Crippen LogP) is 2.48. The maximum absolute atomic E-state index is 13.6. The summed E-state index contributed by atoms with van der Waals surface area (Å²) in [5, 5.41) is 0. The summed E-state index contributed by atoms with van der Waals surface area (Å²) in [5.74, 6) is -1.13. The number of rotatable bonds is 4. The van der Waals surface area contributed by atoms with Crippen molar-refractivity contribution in [2.45, 2.75) is 18.7 Å². The molecule has 106 valence electrons. The van der Waals surface area contributed by atoms with Crippen molar-refractivity contribution < 1.29 is 17.6 Å². The quantitative estimate of drug-likeness (QED) is 0.803. The molecule has 0 saturated carbocycles. The lowest BCUT2D eigenvalue weighted by Gasteiger charge is -2.19. The summed E-state index contributed by atoms with van der Waals surface area (Å²) < 4.78 is 36.0. The average molecular weight is 308 g/mol. The molecule has 7 heteroatoms. The molecule has 1 aromatic carbocycles. The van der Waals surface area contributed by atoms with Crippen LogP contribution in [0.1, 0.15) is 24.2 Å². The summed E-state index contributed by atoms with van der Waals surface area (Å²) >= 11 is 0. The highest BCUT2D eigenvalue weighted by molar-refractivity contribution is 8.13. The molecule has 0 radical (unpaired) electrons. The number of benzene rings is 1. The second-order valence-corrected chi connectivity index (χ2v) is 7.22. The van der Waals surface area contributed by atoms with Crippen LogP contribution in [-0.2, 0) is 9.05 Å². The van der Waals surface area contributed by atoms with Gasteiger partial charge in [0.05, 0.1) is 10.5 Å². The molecule has 0 fully saturated rings. The zero-order chi connectivity index (χ0) is 14.8. The van der Waals surface area contributed by atoms with E-state index in [9.17, 15) is 17.6 Å². The van der Waals surface area contributed by atoms with E-state index in [0.717, 1.165) is 18.2 Å². The maximum atomic E-state index is 13.6. The highest BCUT2D eigenvalue weighted by Crippen LogP contribution is 2.20. The van der Waals surface area contributed by atoms with Gasteiger partial charge in [0, 0.05) is 24.3 Å². The lowest BCUT2D eigenvalue weighted by atomic mass is 10.1. The lowest BCUT2D eigenvalue weighted by molar-refractivity contribution is 0.0774.